The van der Waals surface area contributed by atoms with Crippen molar-refractivity contribution in [3.8, 4) is 0 Å². The van der Waals surface area contributed by atoms with Crippen molar-refractivity contribution in [2.45, 2.75) is 13.8 Å². The van der Waals surface area contributed by atoms with Gasteiger partial charge < -0.3 is 4.90 Å². The molecule has 140 valence electrons. The molecule has 1 N–H and O–H groups in total. The number of hydrogen-bond acceptors (Lipinski definition) is 5. The maximum atomic E-state index is 13.1. The summed E-state index contributed by atoms with van der Waals surface area (Å²) in [6.07, 6.45) is 0. The van der Waals surface area contributed by atoms with Gasteiger partial charge in [-0.2, -0.15) is 0 Å². The van der Waals surface area contributed by atoms with Gasteiger partial charge in [0.2, 0.25) is 11.6 Å². The topological polar surface area (TPSA) is 83.6 Å². The number of fused-ring (bicyclic) bond motifs is 1. The quantitative estimate of drug-likeness (QED) is 0.828. The van der Waals surface area contributed by atoms with Crippen molar-refractivity contribution in [2.75, 3.05) is 17.8 Å². The Hall–Kier alpha value is -2.93. The molecule has 0 atom stereocenters. The highest BCUT2D eigenvalue weighted by molar-refractivity contribution is 7.97. The SMILES string of the molecule is CCN(CC)C1=C(S(=O)(=O)Nc2ccccc2)C(=O)c2ccccc2C1=O. The summed E-state index contributed by atoms with van der Waals surface area (Å²) >= 11 is 0. The lowest BCUT2D eigenvalue weighted by Gasteiger charge is -2.29. The molecule has 0 heterocycles. The van der Waals surface area contributed by atoms with Crippen molar-refractivity contribution < 1.29 is 18.0 Å². The summed E-state index contributed by atoms with van der Waals surface area (Å²) < 4.78 is 28.6. The van der Waals surface area contributed by atoms with Crippen LogP contribution in [0.1, 0.15) is 34.6 Å². The van der Waals surface area contributed by atoms with Crippen LogP contribution in [0.4, 0.5) is 5.69 Å². The van der Waals surface area contributed by atoms with E-state index >= 15 is 0 Å². The summed E-state index contributed by atoms with van der Waals surface area (Å²) in [5.74, 6) is -1.13. The first-order chi connectivity index (χ1) is 12.9. The van der Waals surface area contributed by atoms with Crippen LogP contribution < -0.4 is 4.72 Å². The minimum atomic E-state index is -4.26. The van der Waals surface area contributed by atoms with E-state index < -0.39 is 26.5 Å². The molecule has 0 aromatic heterocycles. The van der Waals surface area contributed by atoms with Crippen LogP contribution in [0.3, 0.4) is 0 Å². The van der Waals surface area contributed by atoms with Crippen molar-refractivity contribution in [3.05, 3.63) is 76.3 Å². The molecular formula is C20H20N2O4S. The van der Waals surface area contributed by atoms with Gasteiger partial charge in [-0.15, -0.1) is 0 Å². The molecular weight excluding hydrogens is 364 g/mol. The highest BCUT2D eigenvalue weighted by atomic mass is 32.2. The van der Waals surface area contributed by atoms with E-state index in [1.807, 2.05) is 13.8 Å². The van der Waals surface area contributed by atoms with E-state index in [9.17, 15) is 18.0 Å². The number of sulfonamides is 1. The van der Waals surface area contributed by atoms with E-state index in [1.165, 1.54) is 6.07 Å². The number of carbonyl (C=O) groups excluding carboxylic acids is 2. The number of carbonyl (C=O) groups is 2. The molecule has 6 nitrogen and oxygen atoms in total. The summed E-state index contributed by atoms with van der Waals surface area (Å²) in [6.45, 7) is 4.42. The lowest BCUT2D eigenvalue weighted by Crippen LogP contribution is -2.37. The molecule has 0 amide bonds. The Balaban J connectivity index is 2.22. The van der Waals surface area contributed by atoms with Crippen molar-refractivity contribution in [3.63, 3.8) is 0 Å². The number of rotatable bonds is 6. The summed E-state index contributed by atoms with van der Waals surface area (Å²) in [6, 6.07) is 14.6. The Labute approximate surface area is 158 Å². The number of Topliss-reactive ketones (excluding diaryl/α,β-unsaturated/α-hetero) is 2. The van der Waals surface area contributed by atoms with Crippen LogP contribution in [-0.2, 0) is 10.0 Å². The van der Waals surface area contributed by atoms with Gasteiger partial charge in [0.1, 0.15) is 5.70 Å². The first-order valence-electron chi connectivity index (χ1n) is 8.66. The molecule has 3 rings (SSSR count). The van der Waals surface area contributed by atoms with Gasteiger partial charge in [-0.25, -0.2) is 8.42 Å². The van der Waals surface area contributed by atoms with E-state index in [0.29, 0.717) is 18.8 Å². The fraction of sp³-hybridized carbons (Fsp3) is 0.200. The van der Waals surface area contributed by atoms with Gasteiger partial charge in [-0.1, -0.05) is 42.5 Å². The third-order valence-electron chi connectivity index (χ3n) is 4.43. The third-order valence-corrected chi connectivity index (χ3v) is 5.85. The Bertz CT molecular complexity index is 1020. The maximum Gasteiger partial charge on any atom is 0.268 e. The minimum Gasteiger partial charge on any atom is -0.368 e. The largest absolute Gasteiger partial charge is 0.368 e. The van der Waals surface area contributed by atoms with E-state index in [1.54, 1.807) is 53.4 Å². The zero-order chi connectivity index (χ0) is 19.6. The van der Waals surface area contributed by atoms with Crippen molar-refractivity contribution >= 4 is 27.3 Å². The van der Waals surface area contributed by atoms with Gasteiger partial charge >= 0.3 is 0 Å². The Morgan fingerprint density at radius 1 is 0.815 bits per heavy atom. The van der Waals surface area contributed by atoms with Gasteiger partial charge in [-0.3, -0.25) is 14.3 Å². The number of anilines is 1. The van der Waals surface area contributed by atoms with E-state index in [-0.39, 0.29) is 16.8 Å². The van der Waals surface area contributed by atoms with Crippen LogP contribution in [0, 0.1) is 0 Å². The molecule has 0 fully saturated rings. The van der Waals surface area contributed by atoms with Crippen molar-refractivity contribution in [1.82, 2.24) is 4.90 Å². The van der Waals surface area contributed by atoms with Gasteiger partial charge in [-0.05, 0) is 26.0 Å². The van der Waals surface area contributed by atoms with Gasteiger partial charge in [0, 0.05) is 29.9 Å². The Morgan fingerprint density at radius 2 is 1.33 bits per heavy atom. The van der Waals surface area contributed by atoms with Crippen LogP contribution in [0.25, 0.3) is 0 Å². The molecule has 27 heavy (non-hydrogen) atoms. The van der Waals surface area contributed by atoms with Gasteiger partial charge in [0.25, 0.3) is 10.0 Å². The molecule has 0 saturated heterocycles. The zero-order valence-corrected chi connectivity index (χ0v) is 15.9. The van der Waals surface area contributed by atoms with Crippen molar-refractivity contribution in [1.29, 1.82) is 0 Å². The van der Waals surface area contributed by atoms with E-state index in [0.717, 1.165) is 0 Å². The van der Waals surface area contributed by atoms with Crippen LogP contribution in [-0.4, -0.2) is 38.0 Å². The molecule has 0 unspecified atom stereocenters. The molecule has 0 spiro atoms. The van der Waals surface area contributed by atoms with Crippen LogP contribution >= 0.6 is 0 Å². The van der Waals surface area contributed by atoms with Gasteiger partial charge in [0.05, 0.1) is 0 Å². The molecule has 0 bridgehead atoms. The summed E-state index contributed by atoms with van der Waals surface area (Å²) in [4.78, 5) is 27.3. The average molecular weight is 384 g/mol. The molecule has 0 saturated carbocycles. The van der Waals surface area contributed by atoms with E-state index in [4.69, 9.17) is 0 Å². The molecule has 1 aliphatic carbocycles. The predicted octanol–water partition coefficient (Wildman–Crippen LogP) is 3.06. The van der Waals surface area contributed by atoms with Crippen LogP contribution in [0.15, 0.2) is 65.2 Å². The first-order valence-corrected chi connectivity index (χ1v) is 10.1. The highest BCUT2D eigenvalue weighted by Gasteiger charge is 2.40. The van der Waals surface area contributed by atoms with Crippen molar-refractivity contribution in [2.24, 2.45) is 0 Å². The molecule has 2 aromatic rings. The second-order valence-corrected chi connectivity index (χ2v) is 7.64. The number of ketones is 2. The first kappa shape index (κ1) is 18.8. The van der Waals surface area contributed by atoms with E-state index in [2.05, 4.69) is 4.72 Å². The highest BCUT2D eigenvalue weighted by Crippen LogP contribution is 2.32. The monoisotopic (exact) mass is 384 g/mol. The second kappa shape index (κ2) is 7.36. The second-order valence-electron chi connectivity index (χ2n) is 6.03. The maximum absolute atomic E-state index is 13.1. The third kappa shape index (κ3) is 3.38. The normalized spacial score (nSPS) is 14.1. The standard InChI is InChI=1S/C20H20N2O4S/c1-3-22(4-2)17-18(23)15-12-8-9-13-16(15)19(24)20(17)27(25,26)21-14-10-6-5-7-11-14/h5-13,21H,3-4H2,1-2H3. The fourth-order valence-electron chi connectivity index (χ4n) is 3.13. The number of hydrogen-bond donors (Lipinski definition) is 1. The van der Waals surface area contributed by atoms with Crippen LogP contribution in [0.5, 0.6) is 0 Å². The predicted molar refractivity (Wildman–Crippen MR) is 104 cm³/mol. The number of benzene rings is 2. The summed E-state index contributed by atoms with van der Waals surface area (Å²) in [7, 11) is -4.26. The lowest BCUT2D eigenvalue weighted by atomic mass is 9.92. The van der Waals surface area contributed by atoms with Gasteiger partial charge in [0.15, 0.2) is 4.91 Å². The summed E-state index contributed by atoms with van der Waals surface area (Å²) in [5.41, 5.74) is 0.574. The fourth-order valence-corrected chi connectivity index (χ4v) is 4.51. The van der Waals surface area contributed by atoms with Crippen LogP contribution in [0.2, 0.25) is 0 Å². The zero-order valence-electron chi connectivity index (χ0n) is 15.1. The number of para-hydroxylation sites is 1. The minimum absolute atomic E-state index is 0.0767. The molecule has 0 radical (unpaired) electrons. The molecule has 1 aliphatic rings. The number of likely N-dealkylation sites (N-methyl/N-ethyl adjacent to an activating group) is 1. The average Bonchev–Trinajstić information content (AvgIpc) is 2.67. The summed E-state index contributed by atoms with van der Waals surface area (Å²) in [5, 5.41) is 0. The Kier molecular flexibility index (Phi) is 5.14. The smallest absolute Gasteiger partial charge is 0.268 e. The lowest BCUT2D eigenvalue weighted by molar-refractivity contribution is 0.0949. The molecule has 7 heteroatoms. The number of nitrogens with zero attached hydrogens (tertiary/aromatic N) is 1. The number of allylic oxidation sites excluding steroid dienone is 2. The Morgan fingerprint density at radius 3 is 1.89 bits per heavy atom. The number of nitrogens with one attached hydrogen (secondary N) is 1. The molecule has 0 aliphatic heterocycles. The molecule has 2 aromatic carbocycles.